The molecule has 3 heteroatoms. The topological polar surface area (TPSA) is 29.5 Å². The lowest BCUT2D eigenvalue weighted by Gasteiger charge is -2.29. The van der Waals surface area contributed by atoms with E-state index in [4.69, 9.17) is 4.84 Å². The Kier molecular flexibility index (Phi) is 2.13. The van der Waals surface area contributed by atoms with Crippen molar-refractivity contribution < 1.29 is 9.63 Å². The highest BCUT2D eigenvalue weighted by molar-refractivity contribution is 5.62. The Hall–Kier alpha value is -1.19. The van der Waals surface area contributed by atoms with E-state index in [1.165, 1.54) is 11.1 Å². The van der Waals surface area contributed by atoms with Crippen molar-refractivity contribution in [1.29, 1.82) is 0 Å². The van der Waals surface area contributed by atoms with Crippen LogP contribution in [0, 0.1) is 0 Å². The minimum absolute atomic E-state index is 0.250. The second-order valence-corrected chi connectivity index (χ2v) is 4.83. The fraction of sp³-hybridized carbons (Fsp3) is 0.462. The molecule has 1 aromatic rings. The van der Waals surface area contributed by atoms with Crippen molar-refractivity contribution in [3.05, 3.63) is 35.4 Å². The maximum atomic E-state index is 11.0. The zero-order valence-electron chi connectivity index (χ0n) is 9.35. The van der Waals surface area contributed by atoms with Crippen LogP contribution in [-0.2, 0) is 16.1 Å². The van der Waals surface area contributed by atoms with Crippen molar-refractivity contribution in [2.24, 2.45) is 0 Å². The van der Waals surface area contributed by atoms with Crippen LogP contribution in [0.15, 0.2) is 24.3 Å². The second kappa shape index (κ2) is 3.40. The minimum Gasteiger partial charge on any atom is -0.300 e. The number of aldehydes is 1. The Morgan fingerprint density at radius 3 is 3.12 bits per heavy atom. The van der Waals surface area contributed by atoms with Crippen LogP contribution in [0.1, 0.15) is 30.5 Å². The van der Waals surface area contributed by atoms with Gasteiger partial charge in [0, 0.05) is 13.0 Å². The van der Waals surface area contributed by atoms with Crippen molar-refractivity contribution >= 4 is 6.29 Å². The molecule has 2 aliphatic heterocycles. The molecule has 0 unspecified atom stereocenters. The average molecular weight is 217 g/mol. The van der Waals surface area contributed by atoms with Gasteiger partial charge in [0.1, 0.15) is 5.60 Å². The molecule has 84 valence electrons. The van der Waals surface area contributed by atoms with Gasteiger partial charge in [0.2, 0.25) is 0 Å². The first-order valence-corrected chi connectivity index (χ1v) is 5.72. The molecule has 0 saturated carbocycles. The molecule has 2 aliphatic rings. The van der Waals surface area contributed by atoms with Crippen LogP contribution in [0.25, 0.3) is 0 Å². The van der Waals surface area contributed by atoms with Gasteiger partial charge in [0.25, 0.3) is 0 Å². The Bertz CT molecular complexity index is 432. The summed E-state index contributed by atoms with van der Waals surface area (Å²) < 4.78 is 0. The molecule has 0 spiro atoms. The lowest BCUT2D eigenvalue weighted by atomic mass is 9.89. The summed E-state index contributed by atoms with van der Waals surface area (Å²) in [6.45, 7) is 2.74. The molecule has 2 atom stereocenters. The van der Waals surface area contributed by atoms with Gasteiger partial charge in [-0.15, -0.1) is 0 Å². The first-order valence-electron chi connectivity index (χ1n) is 5.72. The second-order valence-electron chi connectivity index (χ2n) is 4.83. The third kappa shape index (κ3) is 1.39. The molecule has 3 rings (SSSR count). The number of benzene rings is 1. The van der Waals surface area contributed by atoms with Gasteiger partial charge in [-0.1, -0.05) is 24.3 Å². The van der Waals surface area contributed by atoms with E-state index in [2.05, 4.69) is 24.3 Å². The zero-order valence-corrected chi connectivity index (χ0v) is 9.35. The van der Waals surface area contributed by atoms with Crippen LogP contribution in [0.2, 0.25) is 0 Å². The van der Waals surface area contributed by atoms with Crippen LogP contribution in [0.5, 0.6) is 0 Å². The molecular formula is C13H15NO2. The fourth-order valence-corrected chi connectivity index (χ4v) is 2.71. The van der Waals surface area contributed by atoms with Crippen LogP contribution in [0.3, 0.4) is 0 Å². The van der Waals surface area contributed by atoms with Crippen molar-refractivity contribution in [3.63, 3.8) is 0 Å². The highest BCUT2D eigenvalue weighted by atomic mass is 16.7. The van der Waals surface area contributed by atoms with Crippen LogP contribution in [0.4, 0.5) is 0 Å². The number of hydroxylamine groups is 2. The number of rotatable bonds is 1. The first-order chi connectivity index (χ1) is 7.72. The molecule has 2 heterocycles. The van der Waals surface area contributed by atoms with Crippen LogP contribution >= 0.6 is 0 Å². The zero-order chi connectivity index (χ0) is 11.2. The highest BCUT2D eigenvalue weighted by Gasteiger charge is 2.44. The van der Waals surface area contributed by atoms with Crippen molar-refractivity contribution in [1.82, 2.24) is 5.06 Å². The Balaban J connectivity index is 1.99. The van der Waals surface area contributed by atoms with E-state index < -0.39 is 5.60 Å². The van der Waals surface area contributed by atoms with Gasteiger partial charge in [-0.25, -0.2) is 0 Å². The first kappa shape index (κ1) is 10.00. The standard InChI is InChI=1S/C13H15NO2/c1-13(9-15)8-12-11-5-3-2-4-10(11)6-7-14(12)16-13/h2-5,9,12H,6-8H2,1H3/t12-,13+/m0/s1. The van der Waals surface area contributed by atoms with E-state index in [0.29, 0.717) is 0 Å². The number of carbonyl (C=O) groups is 1. The highest BCUT2D eigenvalue weighted by Crippen LogP contribution is 2.42. The quantitative estimate of drug-likeness (QED) is 0.673. The number of carbonyl (C=O) groups excluding carboxylic acids is 1. The van der Waals surface area contributed by atoms with E-state index in [1.54, 1.807) is 0 Å². The van der Waals surface area contributed by atoms with Gasteiger partial charge in [0.15, 0.2) is 6.29 Å². The Morgan fingerprint density at radius 1 is 1.50 bits per heavy atom. The maximum Gasteiger partial charge on any atom is 0.153 e. The maximum absolute atomic E-state index is 11.0. The molecule has 1 saturated heterocycles. The molecule has 1 fully saturated rings. The molecule has 3 nitrogen and oxygen atoms in total. The van der Waals surface area contributed by atoms with E-state index in [1.807, 2.05) is 12.0 Å². The number of hydrogen-bond donors (Lipinski definition) is 0. The fourth-order valence-electron chi connectivity index (χ4n) is 2.71. The molecular weight excluding hydrogens is 202 g/mol. The summed E-state index contributed by atoms with van der Waals surface area (Å²) in [7, 11) is 0. The van der Waals surface area contributed by atoms with Gasteiger partial charge < -0.3 is 4.79 Å². The van der Waals surface area contributed by atoms with Crippen molar-refractivity contribution in [2.75, 3.05) is 6.54 Å². The lowest BCUT2D eigenvalue weighted by molar-refractivity contribution is -0.196. The van der Waals surface area contributed by atoms with Crippen molar-refractivity contribution in [2.45, 2.75) is 31.4 Å². The summed E-state index contributed by atoms with van der Waals surface area (Å²) in [5.41, 5.74) is 2.07. The summed E-state index contributed by atoms with van der Waals surface area (Å²) in [4.78, 5) is 16.8. The predicted octanol–water partition coefficient (Wildman–Crippen LogP) is 1.88. The van der Waals surface area contributed by atoms with Crippen LogP contribution in [-0.4, -0.2) is 23.5 Å². The summed E-state index contributed by atoms with van der Waals surface area (Å²) in [5, 5.41) is 1.97. The third-order valence-corrected chi connectivity index (χ3v) is 3.54. The number of hydrogen-bond acceptors (Lipinski definition) is 3. The molecule has 0 radical (unpaired) electrons. The summed E-state index contributed by atoms with van der Waals surface area (Å²) in [5.74, 6) is 0. The van der Waals surface area contributed by atoms with Gasteiger partial charge in [-0.2, -0.15) is 5.06 Å². The third-order valence-electron chi connectivity index (χ3n) is 3.54. The van der Waals surface area contributed by atoms with E-state index in [9.17, 15) is 4.79 Å². The number of fused-ring (bicyclic) bond motifs is 3. The van der Waals surface area contributed by atoms with Gasteiger partial charge in [0.05, 0.1) is 6.04 Å². The summed E-state index contributed by atoms with van der Waals surface area (Å²) >= 11 is 0. The van der Waals surface area contributed by atoms with E-state index >= 15 is 0 Å². The molecule has 0 bridgehead atoms. The average Bonchev–Trinajstić information content (AvgIpc) is 2.67. The van der Waals surface area contributed by atoms with Gasteiger partial charge >= 0.3 is 0 Å². The van der Waals surface area contributed by atoms with Crippen LogP contribution < -0.4 is 0 Å². The predicted molar refractivity (Wildman–Crippen MR) is 59.8 cm³/mol. The van der Waals surface area contributed by atoms with Gasteiger partial charge in [-0.05, 0) is 24.5 Å². The molecule has 0 aromatic heterocycles. The van der Waals surface area contributed by atoms with E-state index in [-0.39, 0.29) is 6.04 Å². The Labute approximate surface area is 95.0 Å². The van der Waals surface area contributed by atoms with E-state index in [0.717, 1.165) is 25.7 Å². The van der Waals surface area contributed by atoms with Crippen molar-refractivity contribution in [3.8, 4) is 0 Å². The smallest absolute Gasteiger partial charge is 0.153 e. The normalized spacial score (nSPS) is 33.2. The lowest BCUT2D eigenvalue weighted by Crippen LogP contribution is -2.32. The molecule has 0 N–H and O–H groups in total. The minimum atomic E-state index is -0.637. The number of nitrogens with zero attached hydrogens (tertiary/aromatic N) is 1. The molecule has 0 amide bonds. The monoisotopic (exact) mass is 217 g/mol. The van der Waals surface area contributed by atoms with Gasteiger partial charge in [-0.3, -0.25) is 4.84 Å². The molecule has 1 aromatic carbocycles. The summed E-state index contributed by atoms with van der Waals surface area (Å²) in [6, 6.07) is 8.69. The Morgan fingerprint density at radius 2 is 2.31 bits per heavy atom. The largest absolute Gasteiger partial charge is 0.300 e. The molecule has 16 heavy (non-hydrogen) atoms. The SMILES string of the molecule is C[C@]1(C=O)C[C@H]2c3ccccc3CCN2O1. The summed E-state index contributed by atoms with van der Waals surface area (Å²) in [6.07, 6.45) is 2.68. The molecule has 0 aliphatic carbocycles.